The molecule has 22 heavy (non-hydrogen) atoms. The SMILES string of the molecule is CCc1ccc(C(=O)NCC2=CCCc3ccccc32)cc1. The summed E-state index contributed by atoms with van der Waals surface area (Å²) >= 11 is 0. The average Bonchev–Trinajstić information content (AvgIpc) is 2.59. The van der Waals surface area contributed by atoms with E-state index in [2.05, 4.69) is 42.6 Å². The second-order valence-electron chi connectivity index (χ2n) is 5.66. The van der Waals surface area contributed by atoms with E-state index in [1.165, 1.54) is 22.3 Å². The summed E-state index contributed by atoms with van der Waals surface area (Å²) in [7, 11) is 0. The second kappa shape index (κ2) is 6.61. The molecule has 1 aliphatic carbocycles. The van der Waals surface area contributed by atoms with Gasteiger partial charge in [-0.1, -0.05) is 49.4 Å². The number of fused-ring (bicyclic) bond motifs is 1. The van der Waals surface area contributed by atoms with Crippen molar-refractivity contribution >= 4 is 11.5 Å². The minimum absolute atomic E-state index is 0.00777. The molecule has 1 amide bonds. The molecular weight excluding hydrogens is 270 g/mol. The molecule has 0 bridgehead atoms. The van der Waals surface area contributed by atoms with E-state index in [1.54, 1.807) is 0 Å². The van der Waals surface area contributed by atoms with E-state index in [4.69, 9.17) is 0 Å². The molecule has 0 fully saturated rings. The molecular formula is C20H21NO. The van der Waals surface area contributed by atoms with Crippen LogP contribution in [0, 0.1) is 0 Å². The van der Waals surface area contributed by atoms with E-state index in [1.807, 2.05) is 24.3 Å². The Labute approximate surface area is 131 Å². The molecule has 0 aromatic heterocycles. The first-order valence-electron chi connectivity index (χ1n) is 7.92. The van der Waals surface area contributed by atoms with Crippen molar-refractivity contribution in [3.05, 3.63) is 76.9 Å². The molecule has 0 unspecified atom stereocenters. The van der Waals surface area contributed by atoms with Crippen LogP contribution in [0.25, 0.3) is 5.57 Å². The zero-order valence-corrected chi connectivity index (χ0v) is 12.9. The highest BCUT2D eigenvalue weighted by atomic mass is 16.1. The van der Waals surface area contributed by atoms with E-state index in [0.29, 0.717) is 6.54 Å². The minimum Gasteiger partial charge on any atom is -0.348 e. The lowest BCUT2D eigenvalue weighted by atomic mass is 9.91. The van der Waals surface area contributed by atoms with Crippen LogP contribution < -0.4 is 5.32 Å². The van der Waals surface area contributed by atoms with Crippen LogP contribution in [-0.4, -0.2) is 12.5 Å². The Morgan fingerprint density at radius 1 is 1.09 bits per heavy atom. The van der Waals surface area contributed by atoms with Crippen molar-refractivity contribution in [2.45, 2.75) is 26.2 Å². The summed E-state index contributed by atoms with van der Waals surface area (Å²) in [5.41, 5.74) is 5.85. The van der Waals surface area contributed by atoms with Gasteiger partial charge < -0.3 is 5.32 Å². The van der Waals surface area contributed by atoms with Gasteiger partial charge in [0, 0.05) is 12.1 Å². The number of benzene rings is 2. The highest BCUT2D eigenvalue weighted by molar-refractivity contribution is 5.95. The van der Waals surface area contributed by atoms with Gasteiger partial charge in [-0.15, -0.1) is 0 Å². The molecule has 2 aromatic carbocycles. The molecule has 1 N–H and O–H groups in total. The molecule has 112 valence electrons. The lowest BCUT2D eigenvalue weighted by Crippen LogP contribution is -2.26. The van der Waals surface area contributed by atoms with Crippen molar-refractivity contribution in [3.8, 4) is 0 Å². The number of aryl methyl sites for hydroxylation is 2. The fourth-order valence-electron chi connectivity index (χ4n) is 2.90. The highest BCUT2D eigenvalue weighted by Gasteiger charge is 2.13. The van der Waals surface area contributed by atoms with Gasteiger partial charge in [0.15, 0.2) is 0 Å². The van der Waals surface area contributed by atoms with E-state index < -0.39 is 0 Å². The maximum atomic E-state index is 12.3. The fraction of sp³-hybridized carbons (Fsp3) is 0.250. The number of amides is 1. The number of hydrogen-bond acceptors (Lipinski definition) is 1. The topological polar surface area (TPSA) is 29.1 Å². The van der Waals surface area contributed by atoms with E-state index >= 15 is 0 Å². The molecule has 2 heteroatoms. The normalized spacial score (nSPS) is 13.2. The zero-order valence-electron chi connectivity index (χ0n) is 12.9. The van der Waals surface area contributed by atoms with Gasteiger partial charge in [-0.2, -0.15) is 0 Å². The lowest BCUT2D eigenvalue weighted by Gasteiger charge is -2.18. The molecule has 1 aliphatic rings. The molecule has 0 heterocycles. The number of hydrogen-bond donors (Lipinski definition) is 1. The molecule has 0 saturated carbocycles. The number of allylic oxidation sites excluding steroid dienone is 1. The monoisotopic (exact) mass is 291 g/mol. The Balaban J connectivity index is 1.67. The Morgan fingerprint density at radius 2 is 1.86 bits per heavy atom. The summed E-state index contributed by atoms with van der Waals surface area (Å²) in [5.74, 6) is -0.00777. The zero-order chi connectivity index (χ0) is 15.4. The molecule has 2 aromatic rings. The van der Waals surface area contributed by atoms with Gasteiger partial charge >= 0.3 is 0 Å². The Kier molecular flexibility index (Phi) is 4.38. The Bertz CT molecular complexity index is 698. The molecule has 2 nitrogen and oxygen atoms in total. The minimum atomic E-state index is -0.00777. The first kappa shape index (κ1) is 14.6. The maximum absolute atomic E-state index is 12.3. The van der Waals surface area contributed by atoms with Crippen LogP contribution >= 0.6 is 0 Å². The number of carbonyl (C=O) groups excluding carboxylic acids is 1. The van der Waals surface area contributed by atoms with Crippen molar-refractivity contribution in [2.75, 3.05) is 6.54 Å². The van der Waals surface area contributed by atoms with Gasteiger partial charge in [0.1, 0.15) is 0 Å². The van der Waals surface area contributed by atoms with Crippen LogP contribution in [0.4, 0.5) is 0 Å². The van der Waals surface area contributed by atoms with Crippen LogP contribution in [-0.2, 0) is 12.8 Å². The van der Waals surface area contributed by atoms with Crippen molar-refractivity contribution in [3.63, 3.8) is 0 Å². The van der Waals surface area contributed by atoms with Gasteiger partial charge in [-0.3, -0.25) is 4.79 Å². The number of carbonyl (C=O) groups is 1. The predicted molar refractivity (Wildman–Crippen MR) is 90.9 cm³/mol. The van der Waals surface area contributed by atoms with Crippen molar-refractivity contribution in [2.24, 2.45) is 0 Å². The molecule has 0 spiro atoms. The van der Waals surface area contributed by atoms with Crippen molar-refractivity contribution in [1.29, 1.82) is 0 Å². The van der Waals surface area contributed by atoms with Gasteiger partial charge in [0.05, 0.1) is 0 Å². The van der Waals surface area contributed by atoms with E-state index in [-0.39, 0.29) is 5.91 Å². The summed E-state index contributed by atoms with van der Waals surface area (Å²) in [6.07, 6.45) is 5.37. The first-order valence-corrected chi connectivity index (χ1v) is 7.92. The maximum Gasteiger partial charge on any atom is 0.251 e. The van der Waals surface area contributed by atoms with Crippen LogP contribution in [0.15, 0.2) is 54.6 Å². The quantitative estimate of drug-likeness (QED) is 0.906. The molecule has 0 radical (unpaired) electrons. The summed E-state index contributed by atoms with van der Waals surface area (Å²) in [4.78, 5) is 12.3. The largest absolute Gasteiger partial charge is 0.348 e. The Morgan fingerprint density at radius 3 is 2.64 bits per heavy atom. The van der Waals surface area contributed by atoms with Crippen molar-refractivity contribution in [1.82, 2.24) is 5.32 Å². The summed E-state index contributed by atoms with van der Waals surface area (Å²) in [6, 6.07) is 16.3. The third-order valence-electron chi connectivity index (χ3n) is 4.23. The van der Waals surface area contributed by atoms with Gasteiger partial charge in [-0.25, -0.2) is 0 Å². The predicted octanol–water partition coefficient (Wildman–Crippen LogP) is 4.01. The van der Waals surface area contributed by atoms with Crippen molar-refractivity contribution < 1.29 is 4.79 Å². The third-order valence-corrected chi connectivity index (χ3v) is 4.23. The van der Waals surface area contributed by atoms with Gasteiger partial charge in [0.25, 0.3) is 5.91 Å². The van der Waals surface area contributed by atoms with Crippen LogP contribution in [0.3, 0.4) is 0 Å². The Hall–Kier alpha value is -2.35. The second-order valence-corrected chi connectivity index (χ2v) is 5.66. The molecule has 0 aliphatic heterocycles. The van der Waals surface area contributed by atoms with Crippen LogP contribution in [0.2, 0.25) is 0 Å². The molecule has 0 saturated heterocycles. The van der Waals surface area contributed by atoms with Gasteiger partial charge in [-0.05, 0) is 53.7 Å². The standard InChI is InChI=1S/C20H21NO/c1-2-15-10-12-17(13-11-15)20(22)21-14-18-8-5-7-16-6-3-4-9-19(16)18/h3-4,6,8-13H,2,5,7,14H2,1H3,(H,21,22). The summed E-state index contributed by atoms with van der Waals surface area (Å²) in [6.45, 7) is 2.70. The number of rotatable bonds is 4. The molecule has 3 rings (SSSR count). The first-order chi connectivity index (χ1) is 10.8. The third kappa shape index (κ3) is 3.11. The molecule has 0 atom stereocenters. The lowest BCUT2D eigenvalue weighted by molar-refractivity contribution is 0.0958. The number of nitrogens with one attached hydrogen (secondary N) is 1. The smallest absolute Gasteiger partial charge is 0.251 e. The summed E-state index contributed by atoms with van der Waals surface area (Å²) in [5, 5.41) is 3.04. The fourth-order valence-corrected chi connectivity index (χ4v) is 2.90. The van der Waals surface area contributed by atoms with Crippen LogP contribution in [0.1, 0.15) is 40.4 Å². The van der Waals surface area contributed by atoms with E-state index in [9.17, 15) is 4.79 Å². The average molecular weight is 291 g/mol. The van der Waals surface area contributed by atoms with Crippen LogP contribution in [0.5, 0.6) is 0 Å². The summed E-state index contributed by atoms with van der Waals surface area (Å²) < 4.78 is 0. The van der Waals surface area contributed by atoms with Gasteiger partial charge in [0.2, 0.25) is 0 Å². The highest BCUT2D eigenvalue weighted by Crippen LogP contribution is 2.25. The van der Waals surface area contributed by atoms with E-state index in [0.717, 1.165) is 24.8 Å².